The number of thiazole rings is 1. The summed E-state index contributed by atoms with van der Waals surface area (Å²) in [5.41, 5.74) is 2.37. The molecule has 0 spiro atoms. The van der Waals surface area contributed by atoms with Crippen LogP contribution in [0.4, 0.5) is 5.69 Å². The molecular weight excluding hydrogens is 312 g/mol. The van der Waals surface area contributed by atoms with Gasteiger partial charge in [0.2, 0.25) is 0 Å². The highest BCUT2D eigenvalue weighted by Gasteiger charge is 2.15. The minimum atomic E-state index is -0.327. The van der Waals surface area contributed by atoms with Gasteiger partial charge in [0.25, 0.3) is 5.91 Å². The third-order valence-electron chi connectivity index (χ3n) is 3.30. The minimum absolute atomic E-state index is 0.231. The maximum Gasteiger partial charge on any atom is 0.291 e. The van der Waals surface area contributed by atoms with Crippen molar-refractivity contribution in [2.75, 3.05) is 12.4 Å². The van der Waals surface area contributed by atoms with Crippen molar-refractivity contribution >= 4 is 22.9 Å². The topological polar surface area (TPSA) is 64.4 Å². The van der Waals surface area contributed by atoms with Gasteiger partial charge >= 0.3 is 0 Å². The molecule has 2 aromatic heterocycles. The van der Waals surface area contributed by atoms with Crippen molar-refractivity contribution in [2.24, 2.45) is 0 Å². The van der Waals surface area contributed by atoms with E-state index in [2.05, 4.69) is 10.3 Å². The fourth-order valence-electron chi connectivity index (χ4n) is 2.18. The van der Waals surface area contributed by atoms with Gasteiger partial charge in [-0.3, -0.25) is 4.79 Å². The number of carbonyl (C=O) groups is 1. The Morgan fingerprint density at radius 3 is 2.78 bits per heavy atom. The molecule has 0 aliphatic heterocycles. The van der Waals surface area contributed by atoms with Crippen LogP contribution in [-0.2, 0) is 0 Å². The van der Waals surface area contributed by atoms with Crippen LogP contribution in [0.25, 0.3) is 11.5 Å². The SMILES string of the molecule is COc1ccc(C)cc1NC(=O)c1ccc(-c2csc(C)n2)o1. The van der Waals surface area contributed by atoms with Gasteiger partial charge in [0.15, 0.2) is 11.5 Å². The van der Waals surface area contributed by atoms with E-state index in [-0.39, 0.29) is 11.7 Å². The number of methoxy groups -OCH3 is 1. The number of nitrogens with zero attached hydrogens (tertiary/aromatic N) is 1. The third-order valence-corrected chi connectivity index (χ3v) is 4.08. The average molecular weight is 328 g/mol. The van der Waals surface area contributed by atoms with E-state index in [0.29, 0.717) is 17.2 Å². The van der Waals surface area contributed by atoms with E-state index in [1.54, 1.807) is 19.2 Å². The average Bonchev–Trinajstić information content (AvgIpc) is 3.16. The van der Waals surface area contributed by atoms with Gasteiger partial charge in [-0.1, -0.05) is 6.07 Å². The van der Waals surface area contributed by atoms with Crippen LogP contribution in [0.2, 0.25) is 0 Å². The summed E-state index contributed by atoms with van der Waals surface area (Å²) in [6.07, 6.45) is 0. The second-order valence-electron chi connectivity index (χ2n) is 5.07. The number of benzene rings is 1. The van der Waals surface area contributed by atoms with E-state index in [9.17, 15) is 4.79 Å². The Morgan fingerprint density at radius 2 is 2.09 bits per heavy atom. The van der Waals surface area contributed by atoms with E-state index < -0.39 is 0 Å². The van der Waals surface area contributed by atoms with Crippen LogP contribution in [0.15, 0.2) is 40.1 Å². The standard InChI is InChI=1S/C17H16N2O3S/c1-10-4-5-14(21-3)12(8-10)19-17(20)16-7-6-15(22-16)13-9-23-11(2)18-13/h4-9H,1-3H3,(H,19,20). The number of aryl methyl sites for hydroxylation is 2. The fourth-order valence-corrected chi connectivity index (χ4v) is 2.78. The molecule has 1 aromatic carbocycles. The van der Waals surface area contributed by atoms with E-state index in [0.717, 1.165) is 16.3 Å². The summed E-state index contributed by atoms with van der Waals surface area (Å²) >= 11 is 1.54. The van der Waals surface area contributed by atoms with Crippen LogP contribution in [0.5, 0.6) is 5.75 Å². The smallest absolute Gasteiger partial charge is 0.291 e. The predicted octanol–water partition coefficient (Wildman–Crippen LogP) is 4.28. The van der Waals surface area contributed by atoms with E-state index in [4.69, 9.17) is 9.15 Å². The van der Waals surface area contributed by atoms with Crippen molar-refractivity contribution in [3.8, 4) is 17.2 Å². The van der Waals surface area contributed by atoms with Crippen LogP contribution in [0.1, 0.15) is 21.1 Å². The van der Waals surface area contributed by atoms with Crippen molar-refractivity contribution in [3.63, 3.8) is 0 Å². The van der Waals surface area contributed by atoms with Gasteiger partial charge in [-0.15, -0.1) is 11.3 Å². The maximum atomic E-state index is 12.4. The maximum absolute atomic E-state index is 12.4. The molecule has 0 bridgehead atoms. The van der Waals surface area contributed by atoms with Crippen molar-refractivity contribution in [1.29, 1.82) is 0 Å². The first-order chi connectivity index (χ1) is 11.1. The van der Waals surface area contributed by atoms with Gasteiger partial charge in [0.1, 0.15) is 11.4 Å². The lowest BCUT2D eigenvalue weighted by atomic mass is 10.2. The Balaban J connectivity index is 1.82. The quantitative estimate of drug-likeness (QED) is 0.776. The molecule has 5 nitrogen and oxygen atoms in total. The molecule has 0 radical (unpaired) electrons. The number of nitrogens with one attached hydrogen (secondary N) is 1. The highest BCUT2D eigenvalue weighted by atomic mass is 32.1. The molecule has 0 saturated heterocycles. The zero-order chi connectivity index (χ0) is 16.4. The number of hydrogen-bond acceptors (Lipinski definition) is 5. The molecule has 0 saturated carbocycles. The van der Waals surface area contributed by atoms with Gasteiger partial charge in [0, 0.05) is 5.38 Å². The van der Waals surface area contributed by atoms with Crippen molar-refractivity contribution in [3.05, 3.63) is 52.0 Å². The molecule has 6 heteroatoms. The van der Waals surface area contributed by atoms with Crippen molar-refractivity contribution < 1.29 is 13.9 Å². The Bertz CT molecular complexity index is 851. The molecule has 0 unspecified atom stereocenters. The number of furan rings is 1. The number of amides is 1. The van der Waals surface area contributed by atoms with Gasteiger partial charge in [-0.25, -0.2) is 4.98 Å². The van der Waals surface area contributed by atoms with Gasteiger partial charge in [-0.2, -0.15) is 0 Å². The number of carbonyl (C=O) groups excluding carboxylic acids is 1. The summed E-state index contributed by atoms with van der Waals surface area (Å²) < 4.78 is 10.9. The largest absolute Gasteiger partial charge is 0.495 e. The predicted molar refractivity (Wildman–Crippen MR) is 90.2 cm³/mol. The highest BCUT2D eigenvalue weighted by Crippen LogP contribution is 2.27. The molecular formula is C17H16N2O3S. The molecule has 2 heterocycles. The van der Waals surface area contributed by atoms with E-state index in [1.807, 2.05) is 37.4 Å². The van der Waals surface area contributed by atoms with E-state index >= 15 is 0 Å². The van der Waals surface area contributed by atoms with Gasteiger partial charge < -0.3 is 14.5 Å². The molecule has 0 atom stereocenters. The molecule has 3 rings (SSSR count). The monoisotopic (exact) mass is 328 g/mol. The second kappa shape index (κ2) is 6.26. The molecule has 3 aromatic rings. The molecule has 0 aliphatic rings. The second-order valence-corrected chi connectivity index (χ2v) is 6.14. The zero-order valence-corrected chi connectivity index (χ0v) is 13.9. The highest BCUT2D eigenvalue weighted by molar-refractivity contribution is 7.09. The summed E-state index contributed by atoms with van der Waals surface area (Å²) in [5, 5.41) is 5.67. The van der Waals surface area contributed by atoms with E-state index in [1.165, 1.54) is 11.3 Å². The molecule has 0 fully saturated rings. The number of hydrogen-bond donors (Lipinski definition) is 1. The first-order valence-electron chi connectivity index (χ1n) is 7.05. The van der Waals surface area contributed by atoms with Crippen LogP contribution in [-0.4, -0.2) is 18.0 Å². The number of aromatic nitrogens is 1. The molecule has 0 aliphatic carbocycles. The molecule has 118 valence electrons. The first-order valence-corrected chi connectivity index (χ1v) is 7.93. The Morgan fingerprint density at radius 1 is 1.26 bits per heavy atom. The summed E-state index contributed by atoms with van der Waals surface area (Å²) in [7, 11) is 1.57. The van der Waals surface area contributed by atoms with Gasteiger partial charge in [0.05, 0.1) is 17.8 Å². The summed E-state index contributed by atoms with van der Waals surface area (Å²) in [5.74, 6) is 1.09. The summed E-state index contributed by atoms with van der Waals surface area (Å²) in [4.78, 5) is 16.7. The first kappa shape index (κ1) is 15.3. The summed E-state index contributed by atoms with van der Waals surface area (Å²) in [6, 6.07) is 8.98. The van der Waals surface area contributed by atoms with Crippen LogP contribution in [0, 0.1) is 13.8 Å². The fraction of sp³-hybridized carbons (Fsp3) is 0.176. The number of anilines is 1. The van der Waals surface area contributed by atoms with Crippen molar-refractivity contribution in [2.45, 2.75) is 13.8 Å². The van der Waals surface area contributed by atoms with Crippen LogP contribution >= 0.6 is 11.3 Å². The lowest BCUT2D eigenvalue weighted by Crippen LogP contribution is -2.11. The third kappa shape index (κ3) is 3.27. The van der Waals surface area contributed by atoms with Crippen LogP contribution in [0.3, 0.4) is 0 Å². The van der Waals surface area contributed by atoms with Gasteiger partial charge in [-0.05, 0) is 43.7 Å². The number of rotatable bonds is 4. The van der Waals surface area contributed by atoms with Crippen molar-refractivity contribution in [1.82, 2.24) is 4.98 Å². The Labute approximate surface area is 137 Å². The zero-order valence-electron chi connectivity index (χ0n) is 13.0. The Kier molecular flexibility index (Phi) is 4.16. The number of ether oxygens (including phenoxy) is 1. The molecule has 1 N–H and O–H groups in total. The molecule has 23 heavy (non-hydrogen) atoms. The van der Waals surface area contributed by atoms with Crippen LogP contribution < -0.4 is 10.1 Å². The Hall–Kier alpha value is -2.60. The summed E-state index contributed by atoms with van der Waals surface area (Å²) in [6.45, 7) is 3.87. The normalized spacial score (nSPS) is 10.6. The lowest BCUT2D eigenvalue weighted by Gasteiger charge is -2.09. The lowest BCUT2D eigenvalue weighted by molar-refractivity contribution is 0.0997. The molecule has 1 amide bonds. The minimum Gasteiger partial charge on any atom is -0.495 e.